The quantitative estimate of drug-likeness (QED) is 0.527. The highest BCUT2D eigenvalue weighted by Gasteiger charge is 2.51. The molecular formula is C24H29N3O3S. The number of aromatic nitrogens is 1. The Morgan fingerprint density at radius 2 is 1.77 bits per heavy atom. The maximum absolute atomic E-state index is 13.2. The molecule has 31 heavy (non-hydrogen) atoms. The number of allylic oxidation sites excluding steroid dienone is 2. The lowest BCUT2D eigenvalue weighted by Gasteiger charge is -2.28. The van der Waals surface area contributed by atoms with Crippen molar-refractivity contribution >= 4 is 39.3 Å². The van der Waals surface area contributed by atoms with Gasteiger partial charge in [0, 0.05) is 12.5 Å². The van der Waals surface area contributed by atoms with E-state index in [0.717, 1.165) is 15.2 Å². The maximum Gasteiger partial charge on any atom is 0.243 e. The molecule has 1 fully saturated rings. The molecule has 0 bridgehead atoms. The Hall–Kier alpha value is -2.54. The van der Waals surface area contributed by atoms with E-state index in [4.69, 9.17) is 0 Å². The number of rotatable bonds is 7. The van der Waals surface area contributed by atoms with Crippen LogP contribution in [0.1, 0.15) is 45.0 Å². The van der Waals surface area contributed by atoms with Crippen molar-refractivity contribution in [3.05, 3.63) is 41.4 Å². The van der Waals surface area contributed by atoms with Crippen LogP contribution >= 0.6 is 11.3 Å². The molecule has 4 unspecified atom stereocenters. The molecule has 7 heteroatoms. The second-order valence-electron chi connectivity index (χ2n) is 9.04. The maximum atomic E-state index is 13.2. The summed E-state index contributed by atoms with van der Waals surface area (Å²) in [7, 11) is 0. The van der Waals surface area contributed by atoms with E-state index in [1.807, 2.05) is 57.2 Å². The van der Waals surface area contributed by atoms with E-state index >= 15 is 0 Å². The average Bonchev–Trinajstić information content (AvgIpc) is 3.24. The number of benzene rings is 1. The van der Waals surface area contributed by atoms with E-state index in [0.29, 0.717) is 25.7 Å². The highest BCUT2D eigenvalue weighted by atomic mass is 32.1. The zero-order valence-electron chi connectivity index (χ0n) is 18.2. The number of thiazole rings is 1. The minimum Gasteiger partial charge on any atom is -0.351 e. The second kappa shape index (κ2) is 8.91. The molecule has 3 amide bonds. The van der Waals surface area contributed by atoms with Crippen LogP contribution in [0.25, 0.3) is 10.2 Å². The summed E-state index contributed by atoms with van der Waals surface area (Å²) < 4.78 is 1.12. The average molecular weight is 440 g/mol. The van der Waals surface area contributed by atoms with Gasteiger partial charge < -0.3 is 5.32 Å². The number of imide groups is 1. The van der Waals surface area contributed by atoms with Crippen LogP contribution in [-0.2, 0) is 20.8 Å². The number of hydrogen-bond donors (Lipinski definition) is 1. The van der Waals surface area contributed by atoms with Crippen LogP contribution in [0.2, 0.25) is 0 Å². The fourth-order valence-electron chi connectivity index (χ4n) is 4.57. The van der Waals surface area contributed by atoms with Crippen molar-refractivity contribution in [1.29, 1.82) is 0 Å². The third kappa shape index (κ3) is 4.42. The van der Waals surface area contributed by atoms with Crippen LogP contribution in [0.5, 0.6) is 0 Å². The van der Waals surface area contributed by atoms with Crippen molar-refractivity contribution in [3.63, 3.8) is 0 Å². The molecule has 0 radical (unpaired) electrons. The van der Waals surface area contributed by atoms with E-state index in [-0.39, 0.29) is 41.5 Å². The summed E-state index contributed by atoms with van der Waals surface area (Å²) in [4.78, 5) is 45.2. The van der Waals surface area contributed by atoms with Gasteiger partial charge in [-0.25, -0.2) is 4.98 Å². The molecule has 2 aliphatic rings. The number of nitrogens with zero attached hydrogens (tertiary/aromatic N) is 2. The Labute approximate surface area is 186 Å². The molecule has 164 valence electrons. The summed E-state index contributed by atoms with van der Waals surface area (Å²) in [5.41, 5.74) is 0.961. The Balaban J connectivity index is 1.47. The Bertz CT molecular complexity index is 969. The normalized spacial score (nSPS) is 22.8. The van der Waals surface area contributed by atoms with Gasteiger partial charge in [-0.3, -0.25) is 19.3 Å². The molecule has 4 atom stereocenters. The van der Waals surface area contributed by atoms with E-state index in [2.05, 4.69) is 10.3 Å². The molecule has 6 nitrogen and oxygen atoms in total. The third-order valence-corrected chi connectivity index (χ3v) is 7.12. The molecule has 0 spiro atoms. The number of amides is 3. The summed E-state index contributed by atoms with van der Waals surface area (Å²) in [6, 6.07) is 7.06. The molecule has 1 aliphatic heterocycles. The van der Waals surface area contributed by atoms with Crippen LogP contribution in [0.4, 0.5) is 0 Å². The number of nitrogens with one attached hydrogen (secondary N) is 1. The lowest BCUT2D eigenvalue weighted by molar-refractivity contribution is -0.148. The fraction of sp³-hybridized carbons (Fsp3) is 0.500. The van der Waals surface area contributed by atoms with Crippen LogP contribution in [0, 0.1) is 17.8 Å². The van der Waals surface area contributed by atoms with Crippen molar-refractivity contribution in [2.45, 2.75) is 58.5 Å². The minimum absolute atomic E-state index is 0.153. The first-order valence-corrected chi connectivity index (χ1v) is 11.8. The Kier molecular flexibility index (Phi) is 6.23. The first-order valence-electron chi connectivity index (χ1n) is 11.0. The van der Waals surface area contributed by atoms with Gasteiger partial charge >= 0.3 is 0 Å². The third-order valence-electron chi connectivity index (χ3n) is 6.06. The van der Waals surface area contributed by atoms with Crippen molar-refractivity contribution in [1.82, 2.24) is 15.2 Å². The largest absolute Gasteiger partial charge is 0.351 e. The molecule has 1 aromatic carbocycles. The van der Waals surface area contributed by atoms with Gasteiger partial charge in [-0.1, -0.05) is 38.1 Å². The summed E-state index contributed by atoms with van der Waals surface area (Å²) in [6.45, 7) is 5.95. The Morgan fingerprint density at radius 3 is 2.39 bits per heavy atom. The van der Waals surface area contributed by atoms with Gasteiger partial charge in [-0.2, -0.15) is 0 Å². The van der Waals surface area contributed by atoms with Gasteiger partial charge in [0.15, 0.2) is 0 Å². The number of fused-ring (bicyclic) bond motifs is 2. The molecule has 0 saturated carbocycles. The fourth-order valence-corrected chi connectivity index (χ4v) is 5.66. The van der Waals surface area contributed by atoms with Gasteiger partial charge in [-0.05, 0) is 44.2 Å². The molecular weight excluding hydrogens is 410 g/mol. The van der Waals surface area contributed by atoms with E-state index in [1.165, 1.54) is 4.90 Å². The van der Waals surface area contributed by atoms with Gasteiger partial charge in [0.05, 0.1) is 27.1 Å². The number of para-hydroxylation sites is 1. The summed E-state index contributed by atoms with van der Waals surface area (Å²) in [5, 5.41) is 4.00. The zero-order valence-corrected chi connectivity index (χ0v) is 19.0. The van der Waals surface area contributed by atoms with Crippen molar-refractivity contribution in [3.8, 4) is 0 Å². The first-order chi connectivity index (χ1) is 14.8. The van der Waals surface area contributed by atoms with Gasteiger partial charge in [0.1, 0.15) is 6.04 Å². The molecule has 1 N–H and O–H groups in total. The topological polar surface area (TPSA) is 79.4 Å². The first kappa shape index (κ1) is 21.7. The minimum atomic E-state index is -0.761. The van der Waals surface area contributed by atoms with Gasteiger partial charge in [0.25, 0.3) is 0 Å². The van der Waals surface area contributed by atoms with Crippen LogP contribution < -0.4 is 5.32 Å². The van der Waals surface area contributed by atoms with Crippen molar-refractivity contribution < 1.29 is 14.4 Å². The molecule has 4 rings (SSSR count). The lowest BCUT2D eigenvalue weighted by Crippen LogP contribution is -2.52. The van der Waals surface area contributed by atoms with Crippen LogP contribution in [-0.4, -0.2) is 39.7 Å². The van der Waals surface area contributed by atoms with Crippen LogP contribution in [0.15, 0.2) is 36.4 Å². The zero-order chi connectivity index (χ0) is 22.1. The number of likely N-dealkylation sites (tertiary alicyclic amines) is 1. The van der Waals surface area contributed by atoms with E-state index < -0.39 is 6.04 Å². The summed E-state index contributed by atoms with van der Waals surface area (Å²) in [6.07, 6.45) is 6.16. The number of hydrogen-bond acceptors (Lipinski definition) is 5. The number of carbonyl (C=O) groups excluding carboxylic acids is 3. The predicted molar refractivity (Wildman–Crippen MR) is 121 cm³/mol. The molecule has 1 saturated heterocycles. The van der Waals surface area contributed by atoms with Crippen molar-refractivity contribution in [2.24, 2.45) is 17.8 Å². The summed E-state index contributed by atoms with van der Waals surface area (Å²) >= 11 is 1.62. The molecule has 1 aliphatic carbocycles. The van der Waals surface area contributed by atoms with E-state index in [9.17, 15) is 14.4 Å². The van der Waals surface area contributed by atoms with Crippen molar-refractivity contribution in [2.75, 3.05) is 0 Å². The van der Waals surface area contributed by atoms with Gasteiger partial charge in [-0.15, -0.1) is 11.3 Å². The smallest absolute Gasteiger partial charge is 0.243 e. The van der Waals surface area contributed by atoms with E-state index in [1.54, 1.807) is 11.3 Å². The molecule has 1 aromatic heterocycles. The van der Waals surface area contributed by atoms with Crippen LogP contribution in [0.3, 0.4) is 0 Å². The lowest BCUT2D eigenvalue weighted by atomic mass is 9.85. The molecule has 2 heterocycles. The highest BCUT2D eigenvalue weighted by molar-refractivity contribution is 7.18. The predicted octanol–water partition coefficient (Wildman–Crippen LogP) is 3.71. The monoisotopic (exact) mass is 439 g/mol. The molecule has 2 aromatic rings. The summed E-state index contributed by atoms with van der Waals surface area (Å²) in [5.74, 6) is -1.11. The highest BCUT2D eigenvalue weighted by Crippen LogP contribution is 2.37. The van der Waals surface area contributed by atoms with Gasteiger partial charge in [0.2, 0.25) is 17.7 Å². The second-order valence-corrected chi connectivity index (χ2v) is 10.2. The Morgan fingerprint density at radius 1 is 1.13 bits per heavy atom. The standard InChI is InChI=1S/C24H29N3O3S/c1-14(2)12-19(27-23(29)16-8-4-5-9-17(16)24(27)30)22(28)25-15(3)13-21-26-18-10-6-7-11-20(18)31-21/h4-7,10-11,14-17,19H,8-9,12-13H2,1-3H3,(H,25,28). The SMILES string of the molecule is CC(C)CC(C(=O)NC(C)Cc1nc2ccccc2s1)N1C(=O)C2CC=CCC2C1=O. The number of carbonyl (C=O) groups is 3.